The minimum atomic E-state index is 0.565. The Morgan fingerprint density at radius 3 is 2.48 bits per heavy atom. The zero-order chi connectivity index (χ0) is 16.0. The van der Waals surface area contributed by atoms with Crippen LogP contribution in [-0.2, 0) is 0 Å². The third-order valence-corrected chi connectivity index (χ3v) is 5.09. The van der Waals surface area contributed by atoms with Gasteiger partial charge in [-0.05, 0) is 31.2 Å². The van der Waals surface area contributed by atoms with Crippen LogP contribution in [0.1, 0.15) is 19.3 Å². The maximum Gasteiger partial charge on any atom is 0.205 e. The molecule has 1 saturated heterocycles. The van der Waals surface area contributed by atoms with Gasteiger partial charge in [0.1, 0.15) is 17.7 Å². The zero-order valence-electron chi connectivity index (χ0n) is 13.7. The average molecular weight is 315 g/mol. The standard InChI is InChI=1S/C17H21N3O3/c1-21-13-7-12-14(16(23-3)15(13)22-2)18-9-19-17(12)20-8-10-4-5-11(20)6-10/h7,9-11H,4-6,8H2,1-3H3/t10-,11-/m0/s1. The van der Waals surface area contributed by atoms with Crippen LogP contribution in [0.3, 0.4) is 0 Å². The SMILES string of the molecule is COc1cc2c(N3C[C@H]4CC[C@H]3C4)ncnc2c(OC)c1OC. The molecule has 1 saturated carbocycles. The number of hydrogen-bond acceptors (Lipinski definition) is 6. The summed E-state index contributed by atoms with van der Waals surface area (Å²) in [6.07, 6.45) is 5.47. The van der Waals surface area contributed by atoms with E-state index in [0.717, 1.165) is 29.2 Å². The van der Waals surface area contributed by atoms with E-state index in [1.807, 2.05) is 6.07 Å². The largest absolute Gasteiger partial charge is 0.493 e. The van der Waals surface area contributed by atoms with Crippen LogP contribution < -0.4 is 19.1 Å². The fourth-order valence-corrected chi connectivity index (χ4v) is 4.06. The molecule has 1 aromatic carbocycles. The van der Waals surface area contributed by atoms with E-state index < -0.39 is 0 Å². The number of piperidine rings is 1. The first-order valence-electron chi connectivity index (χ1n) is 7.97. The lowest BCUT2D eigenvalue weighted by molar-refractivity contribution is 0.327. The molecule has 2 fully saturated rings. The Balaban J connectivity index is 1.93. The second-order valence-corrected chi connectivity index (χ2v) is 6.22. The van der Waals surface area contributed by atoms with Crippen LogP contribution in [-0.4, -0.2) is 43.9 Å². The van der Waals surface area contributed by atoms with Crippen LogP contribution in [0.5, 0.6) is 17.2 Å². The first kappa shape index (κ1) is 14.4. The maximum atomic E-state index is 5.56. The van der Waals surface area contributed by atoms with Gasteiger partial charge in [-0.25, -0.2) is 9.97 Å². The van der Waals surface area contributed by atoms with Gasteiger partial charge in [0.15, 0.2) is 11.5 Å². The number of anilines is 1. The quantitative estimate of drug-likeness (QED) is 0.864. The molecule has 2 heterocycles. The first-order chi connectivity index (χ1) is 11.3. The molecule has 0 spiro atoms. The van der Waals surface area contributed by atoms with Crippen molar-refractivity contribution in [3.8, 4) is 17.2 Å². The third-order valence-electron chi connectivity index (χ3n) is 5.09. The lowest BCUT2D eigenvalue weighted by Crippen LogP contribution is -2.32. The van der Waals surface area contributed by atoms with Crippen LogP contribution in [0.25, 0.3) is 10.9 Å². The van der Waals surface area contributed by atoms with Crippen molar-refractivity contribution in [1.82, 2.24) is 9.97 Å². The van der Waals surface area contributed by atoms with Crippen molar-refractivity contribution in [2.45, 2.75) is 25.3 Å². The molecular formula is C17H21N3O3. The number of benzene rings is 1. The summed E-state index contributed by atoms with van der Waals surface area (Å²) in [5.41, 5.74) is 0.762. The van der Waals surface area contributed by atoms with Gasteiger partial charge in [0, 0.05) is 12.6 Å². The Morgan fingerprint density at radius 2 is 1.87 bits per heavy atom. The third kappa shape index (κ3) is 2.08. The van der Waals surface area contributed by atoms with E-state index in [0.29, 0.717) is 23.3 Å². The second-order valence-electron chi connectivity index (χ2n) is 6.22. The van der Waals surface area contributed by atoms with Gasteiger partial charge in [-0.15, -0.1) is 0 Å². The molecule has 1 aliphatic heterocycles. The van der Waals surface area contributed by atoms with E-state index in [1.165, 1.54) is 19.3 Å². The molecule has 2 aliphatic rings. The van der Waals surface area contributed by atoms with Gasteiger partial charge in [0.2, 0.25) is 5.75 Å². The average Bonchev–Trinajstić information content (AvgIpc) is 3.22. The Kier molecular flexibility index (Phi) is 3.39. The van der Waals surface area contributed by atoms with E-state index in [9.17, 15) is 0 Å². The number of fused-ring (bicyclic) bond motifs is 3. The predicted octanol–water partition coefficient (Wildman–Crippen LogP) is 2.64. The van der Waals surface area contributed by atoms with E-state index >= 15 is 0 Å². The smallest absolute Gasteiger partial charge is 0.205 e. The Morgan fingerprint density at radius 1 is 1.04 bits per heavy atom. The van der Waals surface area contributed by atoms with Gasteiger partial charge in [-0.3, -0.25) is 0 Å². The first-order valence-corrected chi connectivity index (χ1v) is 7.97. The lowest BCUT2D eigenvalue weighted by Gasteiger charge is -2.29. The molecule has 0 unspecified atom stereocenters. The van der Waals surface area contributed by atoms with Crippen LogP contribution in [0.2, 0.25) is 0 Å². The molecule has 4 rings (SSSR count). The molecule has 2 aromatic rings. The van der Waals surface area contributed by atoms with Crippen molar-refractivity contribution >= 4 is 16.7 Å². The number of aromatic nitrogens is 2. The molecule has 23 heavy (non-hydrogen) atoms. The number of hydrogen-bond donors (Lipinski definition) is 0. The van der Waals surface area contributed by atoms with E-state index in [1.54, 1.807) is 27.7 Å². The summed E-state index contributed by atoms with van der Waals surface area (Å²) in [6.45, 7) is 1.08. The number of ether oxygens (including phenoxy) is 3. The normalized spacial score (nSPS) is 22.7. The summed E-state index contributed by atoms with van der Waals surface area (Å²) in [5.74, 6) is 3.57. The monoisotopic (exact) mass is 315 g/mol. The topological polar surface area (TPSA) is 56.7 Å². The molecular weight excluding hydrogens is 294 g/mol. The van der Waals surface area contributed by atoms with Gasteiger partial charge < -0.3 is 19.1 Å². The highest BCUT2D eigenvalue weighted by Gasteiger charge is 2.39. The summed E-state index contributed by atoms with van der Waals surface area (Å²) in [6, 6.07) is 2.55. The van der Waals surface area contributed by atoms with Crippen molar-refractivity contribution in [2.24, 2.45) is 5.92 Å². The van der Waals surface area contributed by atoms with E-state index in [-0.39, 0.29) is 0 Å². The van der Waals surface area contributed by atoms with Crippen molar-refractivity contribution in [3.05, 3.63) is 12.4 Å². The Hall–Kier alpha value is -2.24. The van der Waals surface area contributed by atoms with Gasteiger partial charge in [0.25, 0.3) is 0 Å². The van der Waals surface area contributed by atoms with Crippen LogP contribution in [0, 0.1) is 5.92 Å². The molecule has 0 amide bonds. The fourth-order valence-electron chi connectivity index (χ4n) is 4.06. The second kappa shape index (κ2) is 5.44. The molecule has 1 aromatic heterocycles. The summed E-state index contributed by atoms with van der Waals surface area (Å²) < 4.78 is 16.5. The van der Waals surface area contributed by atoms with Crippen molar-refractivity contribution < 1.29 is 14.2 Å². The molecule has 122 valence electrons. The highest BCUT2D eigenvalue weighted by atomic mass is 16.5. The minimum Gasteiger partial charge on any atom is -0.493 e. The van der Waals surface area contributed by atoms with Crippen LogP contribution >= 0.6 is 0 Å². The number of rotatable bonds is 4. The summed E-state index contributed by atoms with van der Waals surface area (Å²) in [4.78, 5) is 11.4. The van der Waals surface area contributed by atoms with E-state index in [4.69, 9.17) is 14.2 Å². The summed E-state index contributed by atoms with van der Waals surface area (Å²) in [7, 11) is 4.86. The summed E-state index contributed by atoms with van der Waals surface area (Å²) >= 11 is 0. The van der Waals surface area contributed by atoms with Crippen molar-refractivity contribution in [2.75, 3.05) is 32.8 Å². The highest BCUT2D eigenvalue weighted by Crippen LogP contribution is 2.46. The van der Waals surface area contributed by atoms with E-state index in [2.05, 4.69) is 14.9 Å². The number of methoxy groups -OCH3 is 3. The van der Waals surface area contributed by atoms with Crippen molar-refractivity contribution in [3.63, 3.8) is 0 Å². The Labute approximate surface area is 135 Å². The van der Waals surface area contributed by atoms with Gasteiger partial charge in [-0.2, -0.15) is 0 Å². The molecule has 1 aliphatic carbocycles. The van der Waals surface area contributed by atoms with Crippen LogP contribution in [0.15, 0.2) is 12.4 Å². The minimum absolute atomic E-state index is 0.565. The Bertz CT molecular complexity index is 749. The highest BCUT2D eigenvalue weighted by molar-refractivity contribution is 5.97. The van der Waals surface area contributed by atoms with Gasteiger partial charge >= 0.3 is 0 Å². The van der Waals surface area contributed by atoms with Crippen molar-refractivity contribution in [1.29, 1.82) is 0 Å². The molecule has 2 bridgehead atoms. The zero-order valence-corrected chi connectivity index (χ0v) is 13.7. The summed E-state index contributed by atoms with van der Waals surface area (Å²) in [5, 5.41) is 0.953. The lowest BCUT2D eigenvalue weighted by atomic mass is 10.1. The predicted molar refractivity (Wildman–Crippen MR) is 87.7 cm³/mol. The van der Waals surface area contributed by atoms with Crippen LogP contribution in [0.4, 0.5) is 5.82 Å². The van der Waals surface area contributed by atoms with Gasteiger partial charge in [0.05, 0.1) is 26.7 Å². The molecule has 2 atom stereocenters. The number of nitrogens with zero attached hydrogens (tertiary/aromatic N) is 3. The maximum absolute atomic E-state index is 5.56. The molecule has 0 radical (unpaired) electrons. The molecule has 6 nitrogen and oxygen atoms in total. The van der Waals surface area contributed by atoms with Gasteiger partial charge in [-0.1, -0.05) is 0 Å². The fraction of sp³-hybridized carbons (Fsp3) is 0.529. The molecule has 6 heteroatoms. The molecule has 0 N–H and O–H groups in total.